The fourth-order valence-electron chi connectivity index (χ4n) is 4.03. The molecular weight excluding hydrogens is 406 g/mol. The summed E-state index contributed by atoms with van der Waals surface area (Å²) in [5.41, 5.74) is 4.68. The molecule has 0 N–H and O–H groups in total. The van der Waals surface area contributed by atoms with Crippen LogP contribution in [0.3, 0.4) is 0 Å². The Hall–Kier alpha value is -3.21. The van der Waals surface area contributed by atoms with Gasteiger partial charge in [-0.2, -0.15) is 0 Å². The fraction of sp³-hybridized carbons (Fsp3) is 0.154. The van der Waals surface area contributed by atoms with Crippen LogP contribution in [-0.4, -0.2) is 28.2 Å². The summed E-state index contributed by atoms with van der Waals surface area (Å²) in [6, 6.07) is 28.3. The molecule has 0 amide bonds. The molecule has 4 nitrogen and oxygen atoms in total. The molecule has 1 atom stereocenters. The molecule has 0 saturated heterocycles. The molecule has 1 unspecified atom stereocenters. The number of benzene rings is 3. The van der Waals surface area contributed by atoms with Gasteiger partial charge in [0.25, 0.3) is 0 Å². The first-order valence-corrected chi connectivity index (χ1v) is 10.8. The van der Waals surface area contributed by atoms with Gasteiger partial charge in [0.05, 0.1) is 0 Å². The molecule has 5 heteroatoms. The lowest BCUT2D eigenvalue weighted by atomic mass is 9.97. The highest BCUT2D eigenvalue weighted by Crippen LogP contribution is 2.33. The lowest BCUT2D eigenvalue weighted by molar-refractivity contribution is 0.218. The molecule has 5 rings (SSSR count). The van der Waals surface area contributed by atoms with Crippen LogP contribution in [0.15, 0.2) is 95.4 Å². The highest BCUT2D eigenvalue weighted by atomic mass is 35.5. The van der Waals surface area contributed by atoms with Gasteiger partial charge in [-0.15, -0.1) is 10.2 Å². The van der Waals surface area contributed by atoms with E-state index in [0.717, 1.165) is 30.6 Å². The predicted molar refractivity (Wildman–Crippen MR) is 124 cm³/mol. The van der Waals surface area contributed by atoms with Gasteiger partial charge >= 0.3 is 0 Å². The summed E-state index contributed by atoms with van der Waals surface area (Å²) in [6.07, 6.45) is 3.29. The van der Waals surface area contributed by atoms with Crippen LogP contribution in [0.5, 0.6) is 0 Å². The molecule has 0 aliphatic carbocycles. The highest BCUT2D eigenvalue weighted by molar-refractivity contribution is 6.30. The van der Waals surface area contributed by atoms with Gasteiger partial charge in [0.1, 0.15) is 6.04 Å². The average Bonchev–Trinajstić information content (AvgIpc) is 3.31. The molecule has 0 saturated carbocycles. The standard InChI is InChI=1S/C26H22ClN3O/c27-23-13-11-22(12-14-23)25-28-29-26(31-25)24(21-9-5-2-6-10-21)30-17-15-20(16-18-30)19-7-3-1-4-8-19/h1-15,24H,16-18H2. The molecule has 4 aromatic rings. The minimum atomic E-state index is -0.0941. The predicted octanol–water partition coefficient (Wildman–Crippen LogP) is 6.27. The van der Waals surface area contributed by atoms with Crippen molar-refractivity contribution in [3.05, 3.63) is 113 Å². The van der Waals surface area contributed by atoms with Crippen molar-refractivity contribution in [3.8, 4) is 11.5 Å². The zero-order valence-electron chi connectivity index (χ0n) is 17.0. The van der Waals surface area contributed by atoms with E-state index < -0.39 is 0 Å². The quantitative estimate of drug-likeness (QED) is 0.376. The number of hydrogen-bond acceptors (Lipinski definition) is 4. The number of aromatic nitrogens is 2. The van der Waals surface area contributed by atoms with Crippen molar-refractivity contribution in [2.45, 2.75) is 12.5 Å². The van der Waals surface area contributed by atoms with Crippen LogP contribution >= 0.6 is 11.6 Å². The van der Waals surface area contributed by atoms with Gasteiger partial charge in [-0.25, -0.2) is 0 Å². The Morgan fingerprint density at radius 2 is 1.52 bits per heavy atom. The summed E-state index contributed by atoms with van der Waals surface area (Å²) < 4.78 is 6.16. The van der Waals surface area contributed by atoms with E-state index in [1.807, 2.05) is 42.5 Å². The van der Waals surface area contributed by atoms with Crippen LogP contribution < -0.4 is 0 Å². The molecule has 1 aliphatic rings. The monoisotopic (exact) mass is 427 g/mol. The maximum Gasteiger partial charge on any atom is 0.247 e. The van der Waals surface area contributed by atoms with Gasteiger partial charge in [0, 0.05) is 23.7 Å². The minimum Gasteiger partial charge on any atom is -0.419 e. The molecule has 0 bridgehead atoms. The van der Waals surface area contributed by atoms with E-state index in [-0.39, 0.29) is 6.04 Å². The van der Waals surface area contributed by atoms with Crippen molar-refractivity contribution in [2.24, 2.45) is 0 Å². The number of rotatable bonds is 5. The SMILES string of the molecule is Clc1ccc(-c2nnc(C(c3ccccc3)N3CC=C(c4ccccc4)CC3)o2)cc1. The Bertz CT molecular complexity index is 1170. The van der Waals surface area contributed by atoms with Crippen molar-refractivity contribution in [3.63, 3.8) is 0 Å². The Morgan fingerprint density at radius 3 is 2.19 bits per heavy atom. The Labute approximate surface area is 186 Å². The summed E-state index contributed by atoms with van der Waals surface area (Å²) in [5.74, 6) is 1.11. The van der Waals surface area contributed by atoms with Crippen molar-refractivity contribution >= 4 is 17.2 Å². The fourth-order valence-corrected chi connectivity index (χ4v) is 4.16. The van der Waals surface area contributed by atoms with Crippen molar-refractivity contribution in [1.82, 2.24) is 15.1 Å². The van der Waals surface area contributed by atoms with Crippen LogP contribution in [0, 0.1) is 0 Å². The van der Waals surface area contributed by atoms with E-state index >= 15 is 0 Å². The summed E-state index contributed by atoms with van der Waals surface area (Å²) in [6.45, 7) is 1.74. The normalized spacial score (nSPS) is 15.5. The first-order valence-electron chi connectivity index (χ1n) is 10.4. The smallest absolute Gasteiger partial charge is 0.247 e. The number of halogens is 1. The van der Waals surface area contributed by atoms with E-state index in [4.69, 9.17) is 16.0 Å². The summed E-state index contributed by atoms with van der Waals surface area (Å²) in [7, 11) is 0. The van der Waals surface area contributed by atoms with Crippen molar-refractivity contribution in [2.75, 3.05) is 13.1 Å². The molecule has 0 fully saturated rings. The van der Waals surface area contributed by atoms with Crippen LogP contribution in [0.2, 0.25) is 5.02 Å². The Balaban J connectivity index is 1.45. The first-order chi connectivity index (χ1) is 15.3. The van der Waals surface area contributed by atoms with E-state index in [1.165, 1.54) is 11.1 Å². The molecular formula is C26H22ClN3O. The molecule has 0 spiro atoms. The largest absolute Gasteiger partial charge is 0.419 e. The molecule has 154 valence electrons. The topological polar surface area (TPSA) is 42.2 Å². The van der Waals surface area contributed by atoms with Crippen LogP contribution in [0.1, 0.15) is 29.5 Å². The van der Waals surface area contributed by atoms with Gasteiger partial charge in [-0.05, 0) is 47.4 Å². The second-order valence-electron chi connectivity index (χ2n) is 7.61. The van der Waals surface area contributed by atoms with Crippen molar-refractivity contribution in [1.29, 1.82) is 0 Å². The maximum absolute atomic E-state index is 6.16. The molecule has 3 aromatic carbocycles. The van der Waals surface area contributed by atoms with Crippen molar-refractivity contribution < 1.29 is 4.42 Å². The minimum absolute atomic E-state index is 0.0941. The lowest BCUT2D eigenvalue weighted by Crippen LogP contribution is -2.33. The molecule has 31 heavy (non-hydrogen) atoms. The van der Waals surface area contributed by atoms with Gasteiger partial charge in [0.15, 0.2) is 0 Å². The number of hydrogen-bond donors (Lipinski definition) is 0. The zero-order chi connectivity index (χ0) is 21.0. The molecule has 1 aromatic heterocycles. The van der Waals surface area contributed by atoms with Crippen LogP contribution in [0.4, 0.5) is 0 Å². The highest BCUT2D eigenvalue weighted by Gasteiger charge is 2.29. The van der Waals surface area contributed by atoms with Gasteiger partial charge in [-0.3, -0.25) is 4.90 Å². The summed E-state index contributed by atoms with van der Waals surface area (Å²) >= 11 is 6.01. The van der Waals surface area contributed by atoms with E-state index in [0.29, 0.717) is 16.8 Å². The van der Waals surface area contributed by atoms with Crippen LogP contribution in [0.25, 0.3) is 17.0 Å². The van der Waals surface area contributed by atoms with Gasteiger partial charge < -0.3 is 4.42 Å². The second kappa shape index (κ2) is 8.88. The zero-order valence-corrected chi connectivity index (χ0v) is 17.7. The third kappa shape index (κ3) is 4.31. The lowest BCUT2D eigenvalue weighted by Gasteiger charge is -2.32. The molecule has 1 aliphatic heterocycles. The maximum atomic E-state index is 6.16. The second-order valence-corrected chi connectivity index (χ2v) is 8.04. The summed E-state index contributed by atoms with van der Waals surface area (Å²) in [5, 5.41) is 9.43. The Morgan fingerprint density at radius 1 is 0.806 bits per heavy atom. The summed E-state index contributed by atoms with van der Waals surface area (Å²) in [4.78, 5) is 2.39. The first kappa shape index (κ1) is 19.7. The van der Waals surface area contributed by atoms with E-state index in [1.54, 1.807) is 0 Å². The Kier molecular flexibility index (Phi) is 5.65. The van der Waals surface area contributed by atoms with E-state index in [2.05, 4.69) is 63.6 Å². The third-order valence-electron chi connectivity index (χ3n) is 5.63. The molecule has 0 radical (unpaired) electrons. The van der Waals surface area contributed by atoms with Gasteiger partial charge in [-0.1, -0.05) is 78.3 Å². The van der Waals surface area contributed by atoms with Crippen LogP contribution in [-0.2, 0) is 0 Å². The average molecular weight is 428 g/mol. The van der Waals surface area contributed by atoms with Gasteiger partial charge in [0.2, 0.25) is 11.8 Å². The molecule has 2 heterocycles. The van der Waals surface area contributed by atoms with E-state index in [9.17, 15) is 0 Å². The third-order valence-corrected chi connectivity index (χ3v) is 5.88. The number of nitrogens with zero attached hydrogens (tertiary/aromatic N) is 3.